The summed E-state index contributed by atoms with van der Waals surface area (Å²) in [6, 6.07) is 0. The van der Waals surface area contributed by atoms with Crippen LogP contribution in [-0.4, -0.2) is 4.98 Å². The minimum atomic E-state index is -2.23. The number of nitrogens with two attached hydrogens (primary N) is 1. The highest BCUT2D eigenvalue weighted by Gasteiger charge is 2.26. The summed E-state index contributed by atoms with van der Waals surface area (Å²) in [5.74, 6) is -10.3. The van der Waals surface area contributed by atoms with Crippen LogP contribution in [0.3, 0.4) is 0 Å². The first kappa shape index (κ1) is 14.5. The maximum absolute atomic E-state index is 13.5. The molecule has 0 spiro atoms. The third-order valence-corrected chi connectivity index (χ3v) is 2.99. The van der Waals surface area contributed by atoms with Crippen LogP contribution in [0.2, 0.25) is 0 Å². The van der Waals surface area contributed by atoms with Gasteiger partial charge in [0, 0.05) is 6.20 Å². The normalized spacial score (nSPS) is 10.7. The average molecular weight is 354 g/mol. The smallest absolute Gasteiger partial charge is 0.200 e. The van der Waals surface area contributed by atoms with Crippen LogP contribution >= 0.6 is 15.9 Å². The predicted molar refractivity (Wildman–Crippen MR) is 65.9 cm³/mol. The highest BCUT2D eigenvalue weighted by Crippen LogP contribution is 2.34. The van der Waals surface area contributed by atoms with Gasteiger partial charge in [0.25, 0.3) is 0 Å². The highest BCUT2D eigenvalue weighted by atomic mass is 79.9. The molecule has 0 saturated heterocycles. The van der Waals surface area contributed by atoms with Crippen molar-refractivity contribution >= 4 is 33.0 Å². The summed E-state index contributed by atoms with van der Waals surface area (Å²) >= 11 is 2.99. The molecule has 3 N–H and O–H groups in total. The van der Waals surface area contributed by atoms with Gasteiger partial charge in [0.05, 0.1) is 22.0 Å². The molecule has 0 unspecified atom stereocenters. The molecule has 0 saturated carbocycles. The summed E-state index contributed by atoms with van der Waals surface area (Å²) in [4.78, 5) is 3.67. The second-order valence-electron chi connectivity index (χ2n) is 3.66. The molecule has 0 amide bonds. The van der Waals surface area contributed by atoms with Crippen molar-refractivity contribution in [3.8, 4) is 0 Å². The Kier molecular flexibility index (Phi) is 3.80. The van der Waals surface area contributed by atoms with Gasteiger partial charge >= 0.3 is 0 Å². The van der Waals surface area contributed by atoms with Gasteiger partial charge in [-0.3, -0.25) is 4.98 Å². The van der Waals surface area contributed by atoms with Crippen molar-refractivity contribution in [2.45, 2.75) is 0 Å². The number of nitrogens with one attached hydrogen (secondary N) is 1. The first-order valence-electron chi connectivity index (χ1n) is 5.02. The van der Waals surface area contributed by atoms with Crippen molar-refractivity contribution < 1.29 is 22.0 Å². The molecule has 9 heteroatoms. The number of hydrogen-bond donors (Lipinski definition) is 2. The Morgan fingerprint density at radius 2 is 1.35 bits per heavy atom. The molecule has 0 fully saturated rings. The van der Waals surface area contributed by atoms with Gasteiger partial charge in [0.1, 0.15) is 5.69 Å². The average Bonchev–Trinajstić information content (AvgIpc) is 2.42. The lowest BCUT2D eigenvalue weighted by Gasteiger charge is -2.13. The lowest BCUT2D eigenvalue weighted by atomic mass is 10.2. The minimum absolute atomic E-state index is 0.0386. The first-order chi connectivity index (χ1) is 9.34. The summed E-state index contributed by atoms with van der Waals surface area (Å²) in [6.07, 6.45) is 2.39. The minimum Gasteiger partial charge on any atom is -0.396 e. The fourth-order valence-corrected chi connectivity index (χ4v) is 1.87. The zero-order valence-corrected chi connectivity index (χ0v) is 11.0. The molecule has 2 rings (SSSR count). The maximum atomic E-state index is 13.5. The predicted octanol–water partition coefficient (Wildman–Crippen LogP) is 3.87. The molecule has 2 aromatic rings. The molecule has 0 aliphatic carbocycles. The second kappa shape index (κ2) is 5.23. The molecule has 1 aromatic heterocycles. The summed E-state index contributed by atoms with van der Waals surface area (Å²) in [5, 5.41) is 2.08. The van der Waals surface area contributed by atoms with Gasteiger partial charge in [0.15, 0.2) is 23.3 Å². The van der Waals surface area contributed by atoms with Crippen LogP contribution in [0.25, 0.3) is 0 Å². The Morgan fingerprint density at radius 3 is 1.85 bits per heavy atom. The van der Waals surface area contributed by atoms with Crippen LogP contribution < -0.4 is 11.1 Å². The molecule has 0 bridgehead atoms. The summed E-state index contributed by atoms with van der Waals surface area (Å²) in [5.41, 5.74) is 4.21. The Hall–Kier alpha value is -1.90. The zero-order chi connectivity index (χ0) is 15.0. The number of benzene rings is 1. The Balaban J connectivity index is 2.61. The fraction of sp³-hybridized carbons (Fsp3) is 0. The number of anilines is 3. The van der Waals surface area contributed by atoms with E-state index in [0.717, 1.165) is 6.20 Å². The van der Waals surface area contributed by atoms with Gasteiger partial charge in [0.2, 0.25) is 5.82 Å². The number of nitrogen functional groups attached to an aromatic ring is 1. The summed E-state index contributed by atoms with van der Waals surface area (Å²) in [7, 11) is 0. The van der Waals surface area contributed by atoms with E-state index in [2.05, 4.69) is 26.2 Å². The summed E-state index contributed by atoms with van der Waals surface area (Å²) in [6.45, 7) is 0. The Bertz CT molecular complexity index is 643. The molecule has 0 aliphatic rings. The van der Waals surface area contributed by atoms with Crippen molar-refractivity contribution in [3.63, 3.8) is 0 Å². The molecule has 1 aromatic carbocycles. The van der Waals surface area contributed by atoms with Crippen LogP contribution in [0.1, 0.15) is 0 Å². The molecule has 20 heavy (non-hydrogen) atoms. The molecular weight excluding hydrogens is 349 g/mol. The largest absolute Gasteiger partial charge is 0.396 e. The van der Waals surface area contributed by atoms with Gasteiger partial charge in [-0.15, -0.1) is 0 Å². The summed E-state index contributed by atoms with van der Waals surface area (Å²) < 4.78 is 66.2. The molecule has 0 aliphatic heterocycles. The lowest BCUT2D eigenvalue weighted by molar-refractivity contribution is 0.382. The second-order valence-corrected chi connectivity index (χ2v) is 4.51. The topological polar surface area (TPSA) is 50.9 Å². The van der Waals surface area contributed by atoms with E-state index in [1.807, 2.05) is 0 Å². The van der Waals surface area contributed by atoms with E-state index >= 15 is 0 Å². The van der Waals surface area contributed by atoms with Gasteiger partial charge in [-0.05, 0) is 15.9 Å². The SMILES string of the molecule is Nc1cncc(Br)c1Nc1c(F)c(F)c(F)c(F)c1F. The van der Waals surface area contributed by atoms with Crippen molar-refractivity contribution in [3.05, 3.63) is 46.0 Å². The molecule has 1 heterocycles. The molecular formula is C11H5BrF5N3. The van der Waals surface area contributed by atoms with E-state index in [1.165, 1.54) is 6.20 Å². The number of halogens is 6. The maximum Gasteiger partial charge on any atom is 0.200 e. The van der Waals surface area contributed by atoms with Crippen LogP contribution in [0.15, 0.2) is 16.9 Å². The van der Waals surface area contributed by atoms with E-state index in [0.29, 0.717) is 0 Å². The van der Waals surface area contributed by atoms with Crippen LogP contribution in [0, 0.1) is 29.1 Å². The third-order valence-electron chi connectivity index (χ3n) is 2.39. The number of rotatable bonds is 2. The molecule has 106 valence electrons. The van der Waals surface area contributed by atoms with Crippen molar-refractivity contribution in [2.75, 3.05) is 11.1 Å². The van der Waals surface area contributed by atoms with Gasteiger partial charge < -0.3 is 11.1 Å². The van der Waals surface area contributed by atoms with Crippen molar-refractivity contribution in [1.82, 2.24) is 4.98 Å². The van der Waals surface area contributed by atoms with Crippen molar-refractivity contribution in [2.24, 2.45) is 0 Å². The number of nitrogens with zero attached hydrogens (tertiary/aromatic N) is 1. The van der Waals surface area contributed by atoms with Crippen molar-refractivity contribution in [1.29, 1.82) is 0 Å². The lowest BCUT2D eigenvalue weighted by Crippen LogP contribution is -2.08. The van der Waals surface area contributed by atoms with Gasteiger partial charge in [-0.25, -0.2) is 22.0 Å². The Labute approximate surface area is 117 Å². The number of aromatic nitrogens is 1. The van der Waals surface area contributed by atoms with Crippen LogP contribution in [0.4, 0.5) is 39.0 Å². The number of hydrogen-bond acceptors (Lipinski definition) is 3. The first-order valence-corrected chi connectivity index (χ1v) is 5.81. The van der Waals surface area contributed by atoms with E-state index < -0.39 is 34.8 Å². The third kappa shape index (κ3) is 2.28. The van der Waals surface area contributed by atoms with E-state index in [-0.39, 0.29) is 15.8 Å². The number of pyridine rings is 1. The standard InChI is InChI=1S/C11H5BrF5N3/c12-3-1-19-2-4(18)10(3)20-11-8(16)6(14)5(13)7(15)9(11)17/h1-2H,18H2,(H,19,20). The fourth-order valence-electron chi connectivity index (χ4n) is 1.42. The molecule has 0 atom stereocenters. The molecule has 0 radical (unpaired) electrons. The quantitative estimate of drug-likeness (QED) is 0.489. The van der Waals surface area contributed by atoms with Crippen LogP contribution in [-0.2, 0) is 0 Å². The van der Waals surface area contributed by atoms with E-state index in [9.17, 15) is 22.0 Å². The highest BCUT2D eigenvalue weighted by molar-refractivity contribution is 9.10. The van der Waals surface area contributed by atoms with Gasteiger partial charge in [-0.1, -0.05) is 0 Å². The Morgan fingerprint density at radius 1 is 0.850 bits per heavy atom. The monoisotopic (exact) mass is 353 g/mol. The molecule has 3 nitrogen and oxygen atoms in total. The van der Waals surface area contributed by atoms with Crippen LogP contribution in [0.5, 0.6) is 0 Å². The van der Waals surface area contributed by atoms with E-state index in [1.54, 1.807) is 0 Å². The zero-order valence-electron chi connectivity index (χ0n) is 9.45. The van der Waals surface area contributed by atoms with Gasteiger partial charge in [-0.2, -0.15) is 0 Å². The van der Waals surface area contributed by atoms with E-state index in [4.69, 9.17) is 5.73 Å².